The van der Waals surface area contributed by atoms with Gasteiger partial charge in [0.05, 0.1) is 0 Å². The van der Waals surface area contributed by atoms with E-state index in [1.54, 1.807) is 0 Å². The maximum Gasteiger partial charge on any atom is 0.222 e. The number of carbonyl (C=O) groups is 1. The van der Waals surface area contributed by atoms with E-state index in [-0.39, 0.29) is 0 Å². The summed E-state index contributed by atoms with van der Waals surface area (Å²) in [5.74, 6) is 1.70. The molecule has 2 aliphatic rings. The van der Waals surface area contributed by atoms with Gasteiger partial charge in [0.15, 0.2) is 0 Å². The zero-order valence-corrected chi connectivity index (χ0v) is 11.8. The van der Waals surface area contributed by atoms with Crippen LogP contribution >= 0.6 is 0 Å². The van der Waals surface area contributed by atoms with Gasteiger partial charge in [-0.25, -0.2) is 0 Å². The van der Waals surface area contributed by atoms with E-state index < -0.39 is 0 Å². The quantitative estimate of drug-likeness (QED) is 0.833. The van der Waals surface area contributed by atoms with Crippen molar-refractivity contribution < 1.29 is 4.79 Å². The zero-order chi connectivity index (χ0) is 12.8. The smallest absolute Gasteiger partial charge is 0.222 e. The first-order valence-electron chi connectivity index (χ1n) is 7.70. The van der Waals surface area contributed by atoms with Crippen LogP contribution in [-0.2, 0) is 4.79 Å². The van der Waals surface area contributed by atoms with Crippen molar-refractivity contribution in [3.05, 3.63) is 0 Å². The summed E-state index contributed by atoms with van der Waals surface area (Å²) in [6.45, 7) is 3.18. The van der Waals surface area contributed by atoms with Crippen LogP contribution in [0.15, 0.2) is 0 Å². The van der Waals surface area contributed by atoms with Gasteiger partial charge >= 0.3 is 0 Å². The first kappa shape index (κ1) is 13.9. The molecule has 2 rings (SSSR count). The fraction of sp³-hybridized carbons (Fsp3) is 0.933. The maximum absolute atomic E-state index is 12.2. The predicted octanol–water partition coefficient (Wildman–Crippen LogP) is 2.41. The van der Waals surface area contributed by atoms with E-state index in [4.69, 9.17) is 0 Å². The highest BCUT2D eigenvalue weighted by atomic mass is 16.2. The second-order valence-corrected chi connectivity index (χ2v) is 6.19. The van der Waals surface area contributed by atoms with E-state index in [0.717, 1.165) is 26.1 Å². The topological polar surface area (TPSA) is 32.3 Å². The second-order valence-electron chi connectivity index (χ2n) is 6.19. The molecule has 0 bridgehead atoms. The summed E-state index contributed by atoms with van der Waals surface area (Å²) in [5, 5.41) is 3.42. The normalized spacial score (nSPS) is 25.9. The SMILES string of the molecule is CN(CC1CCCNC1)C(=O)CC1CCCCC1. The molecular formula is C15H28N2O. The second kappa shape index (κ2) is 7.13. The van der Waals surface area contributed by atoms with Gasteiger partial charge in [-0.05, 0) is 50.6 Å². The number of hydrogen-bond acceptors (Lipinski definition) is 2. The molecule has 1 N–H and O–H groups in total. The summed E-state index contributed by atoms with van der Waals surface area (Å²) in [5.41, 5.74) is 0. The molecule has 0 spiro atoms. The Hall–Kier alpha value is -0.570. The maximum atomic E-state index is 12.2. The Kier molecular flexibility index (Phi) is 5.48. The molecule has 0 radical (unpaired) electrons. The molecule has 0 aromatic rings. The molecular weight excluding hydrogens is 224 g/mol. The van der Waals surface area contributed by atoms with Crippen molar-refractivity contribution in [3.63, 3.8) is 0 Å². The van der Waals surface area contributed by atoms with E-state index in [0.29, 0.717) is 17.7 Å². The van der Waals surface area contributed by atoms with Crippen LogP contribution in [0.5, 0.6) is 0 Å². The van der Waals surface area contributed by atoms with Gasteiger partial charge in [0.2, 0.25) is 5.91 Å². The summed E-state index contributed by atoms with van der Waals surface area (Å²) in [6.07, 6.45) is 9.88. The van der Waals surface area contributed by atoms with Crippen LogP contribution in [0, 0.1) is 11.8 Å². The molecule has 104 valence electrons. The molecule has 1 unspecified atom stereocenters. The van der Waals surface area contributed by atoms with Crippen molar-refractivity contribution in [1.82, 2.24) is 10.2 Å². The third-order valence-corrected chi connectivity index (χ3v) is 4.54. The van der Waals surface area contributed by atoms with Crippen molar-refractivity contribution in [2.24, 2.45) is 11.8 Å². The highest BCUT2D eigenvalue weighted by Crippen LogP contribution is 2.26. The minimum absolute atomic E-state index is 0.368. The summed E-state index contributed by atoms with van der Waals surface area (Å²) >= 11 is 0. The number of amides is 1. The van der Waals surface area contributed by atoms with Gasteiger partial charge in [-0.3, -0.25) is 4.79 Å². The third-order valence-electron chi connectivity index (χ3n) is 4.54. The number of nitrogens with one attached hydrogen (secondary N) is 1. The van der Waals surface area contributed by atoms with Gasteiger partial charge in [0.25, 0.3) is 0 Å². The van der Waals surface area contributed by atoms with Crippen LogP contribution in [-0.4, -0.2) is 37.5 Å². The van der Waals surface area contributed by atoms with Crippen LogP contribution in [0.2, 0.25) is 0 Å². The minimum Gasteiger partial charge on any atom is -0.345 e. The molecule has 0 aromatic heterocycles. The molecule has 1 amide bonds. The summed E-state index contributed by atoms with van der Waals surface area (Å²) < 4.78 is 0. The van der Waals surface area contributed by atoms with E-state index >= 15 is 0 Å². The minimum atomic E-state index is 0.368. The third kappa shape index (κ3) is 4.27. The molecule has 2 fully saturated rings. The number of rotatable bonds is 4. The Morgan fingerprint density at radius 1 is 1.11 bits per heavy atom. The molecule has 1 aliphatic carbocycles. The van der Waals surface area contributed by atoms with E-state index in [2.05, 4.69) is 5.32 Å². The summed E-state index contributed by atoms with van der Waals surface area (Å²) in [6, 6.07) is 0. The van der Waals surface area contributed by atoms with Gasteiger partial charge in [-0.2, -0.15) is 0 Å². The lowest BCUT2D eigenvalue weighted by Gasteiger charge is -2.29. The van der Waals surface area contributed by atoms with Crippen molar-refractivity contribution in [2.45, 2.75) is 51.4 Å². The largest absolute Gasteiger partial charge is 0.345 e. The van der Waals surface area contributed by atoms with Crippen molar-refractivity contribution >= 4 is 5.91 Å². The molecule has 1 saturated carbocycles. The van der Waals surface area contributed by atoms with Gasteiger partial charge in [0.1, 0.15) is 0 Å². The molecule has 18 heavy (non-hydrogen) atoms. The molecule has 1 saturated heterocycles. The number of carbonyl (C=O) groups excluding carboxylic acids is 1. The number of hydrogen-bond donors (Lipinski definition) is 1. The summed E-state index contributed by atoms with van der Waals surface area (Å²) in [4.78, 5) is 14.2. The van der Waals surface area contributed by atoms with Gasteiger partial charge in [0, 0.05) is 20.0 Å². The Bertz CT molecular complexity index is 255. The van der Waals surface area contributed by atoms with E-state index in [1.807, 2.05) is 11.9 Å². The number of nitrogens with zero attached hydrogens (tertiary/aromatic N) is 1. The lowest BCUT2D eigenvalue weighted by Crippen LogP contribution is -2.39. The average Bonchev–Trinajstić information content (AvgIpc) is 2.41. The first-order valence-corrected chi connectivity index (χ1v) is 7.70. The molecule has 3 nitrogen and oxygen atoms in total. The lowest BCUT2D eigenvalue weighted by molar-refractivity contribution is -0.131. The Morgan fingerprint density at radius 3 is 2.50 bits per heavy atom. The number of piperidine rings is 1. The predicted molar refractivity (Wildman–Crippen MR) is 74.4 cm³/mol. The molecule has 1 atom stereocenters. The van der Waals surface area contributed by atoms with Gasteiger partial charge < -0.3 is 10.2 Å². The standard InChI is InChI=1S/C15H28N2O/c1-17(12-14-8-5-9-16-11-14)15(18)10-13-6-3-2-4-7-13/h13-14,16H,2-12H2,1H3. The Labute approximate surface area is 111 Å². The van der Waals surface area contributed by atoms with Crippen LogP contribution in [0.4, 0.5) is 0 Å². The van der Waals surface area contributed by atoms with E-state index in [1.165, 1.54) is 44.9 Å². The van der Waals surface area contributed by atoms with Crippen molar-refractivity contribution in [1.29, 1.82) is 0 Å². The fourth-order valence-electron chi connectivity index (χ4n) is 3.36. The molecule has 1 heterocycles. The fourth-order valence-corrected chi connectivity index (χ4v) is 3.36. The molecule has 3 heteroatoms. The average molecular weight is 252 g/mol. The molecule has 1 aliphatic heterocycles. The Balaban J connectivity index is 1.69. The first-order chi connectivity index (χ1) is 8.75. The van der Waals surface area contributed by atoms with Crippen LogP contribution in [0.1, 0.15) is 51.4 Å². The van der Waals surface area contributed by atoms with Crippen molar-refractivity contribution in [3.8, 4) is 0 Å². The van der Waals surface area contributed by atoms with Gasteiger partial charge in [-0.1, -0.05) is 19.3 Å². The molecule has 0 aromatic carbocycles. The highest BCUT2D eigenvalue weighted by Gasteiger charge is 2.21. The zero-order valence-electron chi connectivity index (χ0n) is 11.8. The highest BCUT2D eigenvalue weighted by molar-refractivity contribution is 5.76. The monoisotopic (exact) mass is 252 g/mol. The van der Waals surface area contributed by atoms with Crippen LogP contribution in [0.3, 0.4) is 0 Å². The van der Waals surface area contributed by atoms with Gasteiger partial charge in [-0.15, -0.1) is 0 Å². The summed E-state index contributed by atoms with van der Waals surface area (Å²) in [7, 11) is 1.99. The van der Waals surface area contributed by atoms with Crippen LogP contribution in [0.25, 0.3) is 0 Å². The Morgan fingerprint density at radius 2 is 1.83 bits per heavy atom. The van der Waals surface area contributed by atoms with Crippen molar-refractivity contribution in [2.75, 3.05) is 26.7 Å². The van der Waals surface area contributed by atoms with Crippen LogP contribution < -0.4 is 5.32 Å². The lowest BCUT2D eigenvalue weighted by atomic mass is 9.86. The van der Waals surface area contributed by atoms with E-state index in [9.17, 15) is 4.79 Å².